The Labute approximate surface area is 225 Å². The molecule has 36 heavy (non-hydrogen) atoms. The Balaban J connectivity index is 0.000000331. The Morgan fingerprint density at radius 1 is 1.33 bits per heavy atom. The maximum Gasteiger partial charge on any atom is 0.150 e. The van der Waals surface area contributed by atoms with Gasteiger partial charge in [-0.25, -0.2) is 4.31 Å². The first-order chi connectivity index (χ1) is 17.4. The Morgan fingerprint density at radius 2 is 2.14 bits per heavy atom. The van der Waals surface area contributed by atoms with Crippen LogP contribution in [0.4, 0.5) is 0 Å². The molecule has 4 rings (SSSR count). The maximum absolute atomic E-state index is 11.4. The molecule has 2 aliphatic rings. The minimum absolute atomic E-state index is 0.499. The number of aryl methyl sites for hydroxylation is 1. The van der Waals surface area contributed by atoms with E-state index >= 15 is 0 Å². The average Bonchev–Trinajstić information content (AvgIpc) is 2.86. The lowest BCUT2D eigenvalue weighted by Crippen LogP contribution is -2.61. The summed E-state index contributed by atoms with van der Waals surface area (Å²) in [5.41, 5.74) is 4.32. The van der Waals surface area contributed by atoms with Gasteiger partial charge >= 0.3 is 0 Å². The fourth-order valence-corrected chi connectivity index (χ4v) is 6.16. The van der Waals surface area contributed by atoms with Gasteiger partial charge in [-0.2, -0.15) is 5.26 Å². The van der Waals surface area contributed by atoms with Crippen LogP contribution in [0.3, 0.4) is 0 Å². The van der Waals surface area contributed by atoms with Gasteiger partial charge in [0.15, 0.2) is 6.29 Å². The van der Waals surface area contributed by atoms with Crippen molar-refractivity contribution >= 4 is 34.9 Å². The number of likely N-dealkylation sites (tertiary alicyclic amines) is 1. The number of halogens is 1. The Kier molecular flexibility index (Phi) is 10.9. The molecule has 0 radical (unpaired) electrons. The molecule has 0 aromatic heterocycles. The molecule has 1 N–H and O–H groups in total. The zero-order valence-corrected chi connectivity index (χ0v) is 23.3. The van der Waals surface area contributed by atoms with Gasteiger partial charge in [-0.15, -0.1) is 0 Å². The number of rotatable bonds is 10. The lowest BCUT2D eigenvalue weighted by Gasteiger charge is -2.55. The highest BCUT2D eigenvalue weighted by Gasteiger charge is 2.44. The molecule has 2 aromatic carbocycles. The quantitative estimate of drug-likeness (QED) is 0.299. The number of carbonyl (C=O) groups is 1. The van der Waals surface area contributed by atoms with E-state index in [-0.39, 0.29) is 0 Å². The van der Waals surface area contributed by atoms with E-state index in [0.717, 1.165) is 47.2 Å². The van der Waals surface area contributed by atoms with E-state index in [1.54, 1.807) is 31.3 Å². The molecule has 1 heterocycles. The largest absolute Gasteiger partial charge is 0.393 e. The Hall–Kier alpha value is -2.30. The number of piperidine rings is 1. The number of nitrogens with zero attached hydrogens (tertiary/aromatic N) is 3. The number of nitriles is 1. The van der Waals surface area contributed by atoms with Gasteiger partial charge in [0.25, 0.3) is 0 Å². The Morgan fingerprint density at radius 3 is 2.69 bits per heavy atom. The standard InChI is InChI=1S/C21H22ClN3OS.C8H15N/c1-15-11-16(12-23)7-8-17(15)9-10-25(3)27-20-6-4-5-18(14-26)21(20)19(22)13-24-2;1-2-5-9-6-7-3-4-8(7)9/h4-8,11,13-14,24H,9-10H2,1-3H3;7-8H,2-6H2,1H3/b19-13+;/t;7?,8-/m.1/s1. The molecule has 192 valence electrons. The molecule has 1 saturated carbocycles. The van der Waals surface area contributed by atoms with E-state index in [9.17, 15) is 4.79 Å². The first kappa shape index (κ1) is 28.3. The molecule has 0 spiro atoms. The van der Waals surface area contributed by atoms with Crippen LogP contribution in [0.15, 0.2) is 47.5 Å². The van der Waals surface area contributed by atoms with Crippen LogP contribution in [0.5, 0.6) is 0 Å². The topological polar surface area (TPSA) is 59.4 Å². The molecule has 1 aliphatic heterocycles. The number of carbonyl (C=O) groups excluding carboxylic acids is 1. The summed E-state index contributed by atoms with van der Waals surface area (Å²) in [6.07, 6.45) is 7.71. The summed E-state index contributed by atoms with van der Waals surface area (Å²) < 4.78 is 2.12. The molecule has 5 nitrogen and oxygen atoms in total. The van der Waals surface area contributed by atoms with E-state index < -0.39 is 0 Å². The van der Waals surface area contributed by atoms with Crippen LogP contribution in [-0.4, -0.2) is 55.3 Å². The number of hydrogen-bond donors (Lipinski definition) is 1. The van der Waals surface area contributed by atoms with Crippen LogP contribution < -0.4 is 5.32 Å². The van der Waals surface area contributed by atoms with Crippen LogP contribution in [0, 0.1) is 24.2 Å². The van der Waals surface area contributed by atoms with Crippen LogP contribution in [-0.2, 0) is 6.42 Å². The molecule has 1 unspecified atom stereocenters. The van der Waals surface area contributed by atoms with E-state index in [1.807, 2.05) is 44.3 Å². The summed E-state index contributed by atoms with van der Waals surface area (Å²) in [6.45, 7) is 7.87. The van der Waals surface area contributed by atoms with Crippen molar-refractivity contribution in [1.82, 2.24) is 14.5 Å². The number of benzene rings is 2. The van der Waals surface area contributed by atoms with Gasteiger partial charge in [0, 0.05) is 48.4 Å². The van der Waals surface area contributed by atoms with Crippen molar-refractivity contribution in [1.29, 1.82) is 5.26 Å². The van der Waals surface area contributed by atoms with E-state index in [2.05, 4.69) is 27.5 Å². The number of fused-ring (bicyclic) bond motifs is 1. The second kappa shape index (κ2) is 13.9. The minimum atomic E-state index is 0.499. The molecule has 1 saturated heterocycles. The number of nitrogens with one attached hydrogen (secondary N) is 1. The summed E-state index contributed by atoms with van der Waals surface area (Å²) in [5, 5.41) is 12.4. The second-order valence-corrected chi connectivity index (χ2v) is 11.1. The summed E-state index contributed by atoms with van der Waals surface area (Å²) in [7, 11) is 3.78. The number of likely N-dealkylation sites (N-methyl/N-ethyl adjacent to an activating group) is 1. The highest BCUT2D eigenvalue weighted by Crippen LogP contribution is 2.41. The summed E-state index contributed by atoms with van der Waals surface area (Å²) in [6, 6.07) is 14.6. The third-order valence-corrected chi connectivity index (χ3v) is 8.27. The van der Waals surface area contributed by atoms with Crippen molar-refractivity contribution in [3.63, 3.8) is 0 Å². The van der Waals surface area contributed by atoms with Crippen molar-refractivity contribution in [3.05, 3.63) is 70.4 Å². The van der Waals surface area contributed by atoms with Crippen LogP contribution in [0.25, 0.3) is 5.03 Å². The molecule has 0 bridgehead atoms. The highest BCUT2D eigenvalue weighted by atomic mass is 35.5. The molecule has 7 heteroatoms. The van der Waals surface area contributed by atoms with Gasteiger partial charge < -0.3 is 5.32 Å². The van der Waals surface area contributed by atoms with Gasteiger partial charge in [0.05, 0.1) is 16.7 Å². The predicted molar refractivity (Wildman–Crippen MR) is 151 cm³/mol. The van der Waals surface area contributed by atoms with Crippen LogP contribution >= 0.6 is 23.5 Å². The third kappa shape index (κ3) is 7.14. The minimum Gasteiger partial charge on any atom is -0.393 e. The van der Waals surface area contributed by atoms with Crippen molar-refractivity contribution in [3.8, 4) is 6.07 Å². The molecule has 2 fully saturated rings. The van der Waals surface area contributed by atoms with Gasteiger partial charge in [0.2, 0.25) is 0 Å². The van der Waals surface area contributed by atoms with Crippen LogP contribution in [0.2, 0.25) is 0 Å². The van der Waals surface area contributed by atoms with Crippen molar-refractivity contribution in [2.45, 2.75) is 50.5 Å². The van der Waals surface area contributed by atoms with Crippen molar-refractivity contribution < 1.29 is 4.79 Å². The fraction of sp³-hybridized carbons (Fsp3) is 0.448. The zero-order valence-electron chi connectivity index (χ0n) is 21.8. The van der Waals surface area contributed by atoms with Gasteiger partial charge in [-0.3, -0.25) is 9.69 Å². The van der Waals surface area contributed by atoms with E-state index in [0.29, 0.717) is 16.2 Å². The lowest BCUT2D eigenvalue weighted by molar-refractivity contribution is -0.0579. The summed E-state index contributed by atoms with van der Waals surface area (Å²) >= 11 is 7.94. The van der Waals surface area contributed by atoms with Crippen molar-refractivity contribution in [2.75, 3.05) is 33.7 Å². The lowest BCUT2D eigenvalue weighted by atomic mass is 9.71. The molecule has 2 atom stereocenters. The van der Waals surface area contributed by atoms with Gasteiger partial charge in [-0.1, -0.05) is 36.7 Å². The summed E-state index contributed by atoms with van der Waals surface area (Å²) in [5.74, 6) is 1.12. The smallest absolute Gasteiger partial charge is 0.150 e. The molecular formula is C29H37ClN4OS. The van der Waals surface area contributed by atoms with E-state index in [4.69, 9.17) is 16.9 Å². The summed E-state index contributed by atoms with van der Waals surface area (Å²) in [4.78, 5) is 15.0. The first-order valence-electron chi connectivity index (χ1n) is 12.7. The van der Waals surface area contributed by atoms with E-state index in [1.165, 1.54) is 37.9 Å². The normalized spacial score (nSPS) is 18.8. The molecule has 2 aromatic rings. The Bertz CT molecular complexity index is 1110. The molecule has 0 amide bonds. The SMILES string of the molecule is CCCN1CC2CC[C@H]21.CN/C=C(/Cl)c1c(C=O)cccc1SN(C)CCc1ccc(C#N)cc1C. The van der Waals surface area contributed by atoms with Gasteiger partial charge in [0.1, 0.15) is 0 Å². The number of hydrogen-bond acceptors (Lipinski definition) is 6. The second-order valence-electron chi connectivity index (χ2n) is 9.46. The molecular weight excluding hydrogens is 488 g/mol. The maximum atomic E-state index is 11.4. The number of aldehydes is 1. The molecule has 1 aliphatic carbocycles. The third-order valence-electron chi connectivity index (χ3n) is 6.94. The van der Waals surface area contributed by atoms with Gasteiger partial charge in [-0.05, 0) is 93.4 Å². The highest BCUT2D eigenvalue weighted by molar-refractivity contribution is 7.97. The zero-order chi connectivity index (χ0) is 26.1. The monoisotopic (exact) mass is 524 g/mol. The average molecular weight is 525 g/mol. The van der Waals surface area contributed by atoms with Crippen LogP contribution in [0.1, 0.15) is 58.8 Å². The fourth-order valence-electron chi connectivity index (χ4n) is 4.80. The van der Waals surface area contributed by atoms with Crippen molar-refractivity contribution in [2.24, 2.45) is 5.92 Å². The predicted octanol–water partition coefficient (Wildman–Crippen LogP) is 6.11. The first-order valence-corrected chi connectivity index (χ1v) is 13.8.